The molecule has 2 aromatic rings. The molecular formula is C13H13NO2S. The van der Waals surface area contributed by atoms with Gasteiger partial charge in [-0.3, -0.25) is 0 Å². The molecule has 0 atom stereocenters. The van der Waals surface area contributed by atoms with Crippen LogP contribution >= 0.6 is 11.3 Å². The van der Waals surface area contributed by atoms with Gasteiger partial charge in [0.25, 0.3) is 0 Å². The summed E-state index contributed by atoms with van der Waals surface area (Å²) in [5, 5.41) is 0. The fourth-order valence-electron chi connectivity index (χ4n) is 1.58. The van der Waals surface area contributed by atoms with Crippen LogP contribution in [0, 0.1) is 6.92 Å². The molecule has 2 rings (SSSR count). The van der Waals surface area contributed by atoms with Gasteiger partial charge in [-0.15, -0.1) is 11.3 Å². The fraction of sp³-hybridized carbons (Fsp3) is 0.231. The number of thiazole rings is 1. The van der Waals surface area contributed by atoms with Crippen molar-refractivity contribution in [1.29, 1.82) is 0 Å². The third kappa shape index (κ3) is 2.53. The molecule has 0 aliphatic rings. The Morgan fingerprint density at radius 2 is 2.29 bits per heavy atom. The SMILES string of the molecule is CCOC(=O)c1ncsc1-c1cccc(C)c1. The monoisotopic (exact) mass is 247 g/mol. The highest BCUT2D eigenvalue weighted by Crippen LogP contribution is 2.28. The van der Waals surface area contributed by atoms with Crippen molar-refractivity contribution in [1.82, 2.24) is 4.98 Å². The van der Waals surface area contributed by atoms with Gasteiger partial charge in [-0.25, -0.2) is 9.78 Å². The van der Waals surface area contributed by atoms with Gasteiger partial charge in [-0.05, 0) is 19.4 Å². The number of benzene rings is 1. The first kappa shape index (κ1) is 11.8. The van der Waals surface area contributed by atoms with Crippen LogP contribution in [0.25, 0.3) is 10.4 Å². The standard InChI is InChI=1S/C13H13NO2S/c1-3-16-13(15)11-12(17-8-14-11)10-6-4-5-9(2)7-10/h4-8H,3H2,1-2H3. The van der Waals surface area contributed by atoms with Crippen molar-refractivity contribution in [3.05, 3.63) is 41.0 Å². The Morgan fingerprint density at radius 3 is 3.00 bits per heavy atom. The molecule has 0 saturated carbocycles. The van der Waals surface area contributed by atoms with Crippen molar-refractivity contribution < 1.29 is 9.53 Å². The van der Waals surface area contributed by atoms with E-state index in [2.05, 4.69) is 4.98 Å². The van der Waals surface area contributed by atoms with E-state index < -0.39 is 0 Å². The molecule has 4 heteroatoms. The molecule has 1 aromatic heterocycles. The Balaban J connectivity index is 2.40. The molecule has 88 valence electrons. The predicted molar refractivity (Wildman–Crippen MR) is 68.2 cm³/mol. The number of rotatable bonds is 3. The maximum absolute atomic E-state index is 11.7. The van der Waals surface area contributed by atoms with Crippen molar-refractivity contribution in [3.63, 3.8) is 0 Å². The topological polar surface area (TPSA) is 39.2 Å². The van der Waals surface area contributed by atoms with Gasteiger partial charge in [0.15, 0.2) is 5.69 Å². The van der Waals surface area contributed by atoms with E-state index in [9.17, 15) is 4.79 Å². The lowest BCUT2D eigenvalue weighted by Gasteiger charge is -2.03. The molecule has 0 aliphatic carbocycles. The number of hydrogen-bond acceptors (Lipinski definition) is 4. The summed E-state index contributed by atoms with van der Waals surface area (Å²) in [6, 6.07) is 8.01. The quantitative estimate of drug-likeness (QED) is 0.781. The number of nitrogens with zero attached hydrogens (tertiary/aromatic N) is 1. The molecule has 0 radical (unpaired) electrons. The van der Waals surface area contributed by atoms with Crippen LogP contribution in [0.5, 0.6) is 0 Å². The summed E-state index contributed by atoms with van der Waals surface area (Å²) in [5.41, 5.74) is 4.24. The van der Waals surface area contributed by atoms with Crippen LogP contribution in [0.3, 0.4) is 0 Å². The van der Waals surface area contributed by atoms with Crippen molar-refractivity contribution in [3.8, 4) is 10.4 Å². The molecule has 0 saturated heterocycles. The number of aromatic nitrogens is 1. The zero-order chi connectivity index (χ0) is 12.3. The molecule has 3 nitrogen and oxygen atoms in total. The van der Waals surface area contributed by atoms with Crippen molar-refractivity contribution in [2.75, 3.05) is 6.61 Å². The molecule has 0 spiro atoms. The molecule has 17 heavy (non-hydrogen) atoms. The van der Waals surface area contributed by atoms with Gasteiger partial charge < -0.3 is 4.74 Å². The first-order valence-corrected chi connectivity index (χ1v) is 6.28. The first-order chi connectivity index (χ1) is 8.22. The van der Waals surface area contributed by atoms with Crippen LogP contribution in [0.15, 0.2) is 29.8 Å². The van der Waals surface area contributed by atoms with Crippen LogP contribution in [0.2, 0.25) is 0 Å². The zero-order valence-electron chi connectivity index (χ0n) is 9.77. The third-order valence-corrected chi connectivity index (χ3v) is 3.19. The second-order valence-corrected chi connectivity index (χ2v) is 4.47. The van der Waals surface area contributed by atoms with Gasteiger partial charge in [0.05, 0.1) is 17.0 Å². The van der Waals surface area contributed by atoms with Crippen LogP contribution in [-0.4, -0.2) is 17.6 Å². The van der Waals surface area contributed by atoms with Gasteiger partial charge in [-0.1, -0.05) is 29.8 Å². The van der Waals surface area contributed by atoms with Crippen LogP contribution in [0.1, 0.15) is 23.0 Å². The fourth-order valence-corrected chi connectivity index (χ4v) is 2.36. The van der Waals surface area contributed by atoms with Crippen LogP contribution < -0.4 is 0 Å². The number of carbonyl (C=O) groups is 1. The van der Waals surface area contributed by atoms with E-state index in [0.29, 0.717) is 12.3 Å². The Bertz CT molecular complexity index is 534. The van der Waals surface area contributed by atoms with E-state index in [1.807, 2.05) is 31.2 Å². The number of carbonyl (C=O) groups excluding carboxylic acids is 1. The Labute approximate surface area is 104 Å². The van der Waals surface area contributed by atoms with E-state index in [1.54, 1.807) is 12.4 Å². The number of ether oxygens (including phenoxy) is 1. The molecule has 1 heterocycles. The maximum atomic E-state index is 11.7. The highest BCUT2D eigenvalue weighted by molar-refractivity contribution is 7.13. The summed E-state index contributed by atoms with van der Waals surface area (Å²) in [6.45, 7) is 4.18. The molecule has 0 aliphatic heterocycles. The highest BCUT2D eigenvalue weighted by atomic mass is 32.1. The number of esters is 1. The Kier molecular flexibility index (Phi) is 3.54. The first-order valence-electron chi connectivity index (χ1n) is 5.40. The summed E-state index contributed by atoms with van der Waals surface area (Å²) in [4.78, 5) is 16.7. The smallest absolute Gasteiger partial charge is 0.358 e. The van der Waals surface area contributed by atoms with E-state index >= 15 is 0 Å². The second kappa shape index (κ2) is 5.10. The lowest BCUT2D eigenvalue weighted by molar-refractivity contribution is 0.0521. The molecular weight excluding hydrogens is 234 g/mol. The molecule has 0 amide bonds. The predicted octanol–water partition coefficient (Wildman–Crippen LogP) is 3.30. The van der Waals surface area contributed by atoms with Crippen molar-refractivity contribution >= 4 is 17.3 Å². The van der Waals surface area contributed by atoms with Gasteiger partial charge >= 0.3 is 5.97 Å². The summed E-state index contributed by atoms with van der Waals surface area (Å²) < 4.78 is 4.98. The van der Waals surface area contributed by atoms with Gasteiger partial charge in [0, 0.05) is 0 Å². The van der Waals surface area contributed by atoms with Gasteiger partial charge in [0.2, 0.25) is 0 Å². The minimum atomic E-state index is -0.356. The Hall–Kier alpha value is -1.68. The van der Waals surface area contributed by atoms with E-state index in [-0.39, 0.29) is 5.97 Å². The minimum absolute atomic E-state index is 0.356. The lowest BCUT2D eigenvalue weighted by Crippen LogP contribution is -2.06. The average Bonchev–Trinajstić information content (AvgIpc) is 2.78. The normalized spacial score (nSPS) is 10.2. The van der Waals surface area contributed by atoms with Gasteiger partial charge in [0.1, 0.15) is 0 Å². The van der Waals surface area contributed by atoms with Crippen molar-refractivity contribution in [2.24, 2.45) is 0 Å². The summed E-state index contributed by atoms with van der Waals surface area (Å²) >= 11 is 1.45. The summed E-state index contributed by atoms with van der Waals surface area (Å²) in [6.07, 6.45) is 0. The number of hydrogen-bond donors (Lipinski definition) is 0. The summed E-state index contributed by atoms with van der Waals surface area (Å²) in [5.74, 6) is -0.356. The number of aryl methyl sites for hydroxylation is 1. The summed E-state index contributed by atoms with van der Waals surface area (Å²) in [7, 11) is 0. The maximum Gasteiger partial charge on any atom is 0.358 e. The Morgan fingerprint density at radius 1 is 1.47 bits per heavy atom. The van der Waals surface area contributed by atoms with Crippen LogP contribution in [-0.2, 0) is 4.74 Å². The molecule has 0 unspecified atom stereocenters. The molecule has 0 fully saturated rings. The lowest BCUT2D eigenvalue weighted by atomic mass is 10.1. The van der Waals surface area contributed by atoms with Gasteiger partial charge in [-0.2, -0.15) is 0 Å². The molecule has 1 aromatic carbocycles. The molecule has 0 bridgehead atoms. The zero-order valence-corrected chi connectivity index (χ0v) is 10.6. The largest absolute Gasteiger partial charge is 0.461 e. The minimum Gasteiger partial charge on any atom is -0.461 e. The average molecular weight is 247 g/mol. The van der Waals surface area contributed by atoms with E-state index in [4.69, 9.17) is 4.74 Å². The van der Waals surface area contributed by atoms with E-state index in [1.165, 1.54) is 11.3 Å². The van der Waals surface area contributed by atoms with Crippen LogP contribution in [0.4, 0.5) is 0 Å². The van der Waals surface area contributed by atoms with E-state index in [0.717, 1.165) is 16.0 Å². The highest BCUT2D eigenvalue weighted by Gasteiger charge is 2.17. The third-order valence-electron chi connectivity index (χ3n) is 2.32. The second-order valence-electron chi connectivity index (χ2n) is 3.62. The molecule has 0 N–H and O–H groups in total. The van der Waals surface area contributed by atoms with Crippen molar-refractivity contribution in [2.45, 2.75) is 13.8 Å².